The predicted molar refractivity (Wildman–Crippen MR) is 99.2 cm³/mol. The van der Waals surface area contributed by atoms with Crippen molar-refractivity contribution < 1.29 is 17.6 Å². The molecule has 0 unspecified atom stereocenters. The minimum atomic E-state index is -3.71. The number of hydrogen-bond acceptors (Lipinski definition) is 4. The van der Waals surface area contributed by atoms with Crippen LogP contribution in [0.25, 0.3) is 0 Å². The quantitative estimate of drug-likeness (QED) is 0.834. The van der Waals surface area contributed by atoms with Crippen LogP contribution in [0, 0.1) is 5.82 Å². The van der Waals surface area contributed by atoms with Crippen LogP contribution >= 0.6 is 0 Å². The summed E-state index contributed by atoms with van der Waals surface area (Å²) in [6.07, 6.45) is 0. The van der Waals surface area contributed by atoms with Crippen molar-refractivity contribution in [1.29, 1.82) is 0 Å². The minimum absolute atomic E-state index is 0.0573. The van der Waals surface area contributed by atoms with Gasteiger partial charge in [-0.1, -0.05) is 12.1 Å². The number of carbonyl (C=O) groups excluding carboxylic acids is 1. The molecule has 0 radical (unpaired) electrons. The van der Waals surface area contributed by atoms with Crippen molar-refractivity contribution in [3.63, 3.8) is 0 Å². The zero-order valence-corrected chi connectivity index (χ0v) is 16.0. The van der Waals surface area contributed by atoms with E-state index in [-0.39, 0.29) is 22.8 Å². The van der Waals surface area contributed by atoms with Crippen LogP contribution in [0.15, 0.2) is 47.4 Å². The highest BCUT2D eigenvalue weighted by Crippen LogP contribution is 2.27. The minimum Gasteiger partial charge on any atom is -0.377 e. The first-order chi connectivity index (χ1) is 12.1. The molecule has 0 aliphatic heterocycles. The molecular weight excluding hydrogens is 357 g/mol. The standard InChI is InChI=1S/C18H22FN3O3S/c1-21(2)16-10-7-14(11-17(16)26(24,25)22(3)4)18(23)20-12-13-5-8-15(19)9-6-13/h5-11H,12H2,1-4H3,(H,20,23). The summed E-state index contributed by atoms with van der Waals surface area (Å²) < 4.78 is 39.2. The van der Waals surface area contributed by atoms with Crippen LogP contribution < -0.4 is 10.2 Å². The van der Waals surface area contributed by atoms with Gasteiger partial charge in [-0.2, -0.15) is 0 Å². The van der Waals surface area contributed by atoms with Crippen molar-refractivity contribution in [3.8, 4) is 0 Å². The maximum Gasteiger partial charge on any atom is 0.251 e. The molecule has 8 heteroatoms. The second-order valence-electron chi connectivity index (χ2n) is 6.17. The Balaban J connectivity index is 2.29. The maximum absolute atomic E-state index is 12.9. The number of sulfonamides is 1. The van der Waals surface area contributed by atoms with E-state index in [1.165, 1.54) is 32.3 Å². The second kappa shape index (κ2) is 7.84. The number of nitrogens with one attached hydrogen (secondary N) is 1. The lowest BCUT2D eigenvalue weighted by atomic mass is 10.1. The average molecular weight is 379 g/mol. The van der Waals surface area contributed by atoms with Crippen LogP contribution in [-0.4, -0.2) is 46.8 Å². The Morgan fingerprint density at radius 1 is 1.04 bits per heavy atom. The van der Waals surface area contributed by atoms with Crippen molar-refractivity contribution in [2.45, 2.75) is 11.4 Å². The van der Waals surface area contributed by atoms with E-state index in [1.54, 1.807) is 43.3 Å². The van der Waals surface area contributed by atoms with Crippen molar-refractivity contribution in [2.24, 2.45) is 0 Å². The molecule has 0 aliphatic rings. The molecule has 2 aromatic rings. The number of carbonyl (C=O) groups is 1. The van der Waals surface area contributed by atoms with Gasteiger partial charge in [0.05, 0.1) is 5.69 Å². The van der Waals surface area contributed by atoms with E-state index in [0.29, 0.717) is 5.69 Å². The third kappa shape index (κ3) is 4.39. The first kappa shape index (κ1) is 19.9. The third-order valence-corrected chi connectivity index (χ3v) is 5.67. The van der Waals surface area contributed by atoms with Crippen LogP contribution in [-0.2, 0) is 16.6 Å². The van der Waals surface area contributed by atoms with Crippen LogP contribution in [0.1, 0.15) is 15.9 Å². The van der Waals surface area contributed by atoms with E-state index in [1.807, 2.05) is 0 Å². The van der Waals surface area contributed by atoms with Gasteiger partial charge in [0.25, 0.3) is 5.91 Å². The molecule has 0 saturated carbocycles. The van der Waals surface area contributed by atoms with Gasteiger partial charge in [0.2, 0.25) is 10.0 Å². The Kier molecular flexibility index (Phi) is 5.99. The summed E-state index contributed by atoms with van der Waals surface area (Å²) in [6, 6.07) is 10.3. The Labute approximate surface area is 153 Å². The zero-order valence-electron chi connectivity index (χ0n) is 15.2. The monoisotopic (exact) mass is 379 g/mol. The number of benzene rings is 2. The Hall–Kier alpha value is -2.45. The van der Waals surface area contributed by atoms with Gasteiger partial charge >= 0.3 is 0 Å². The Morgan fingerprint density at radius 3 is 2.19 bits per heavy atom. The van der Waals surface area contributed by atoms with Gasteiger partial charge in [-0.25, -0.2) is 17.1 Å². The number of rotatable bonds is 6. The summed E-state index contributed by atoms with van der Waals surface area (Å²) in [7, 11) is 2.64. The van der Waals surface area contributed by atoms with Gasteiger partial charge in [0.15, 0.2) is 0 Å². The van der Waals surface area contributed by atoms with E-state index in [9.17, 15) is 17.6 Å². The summed E-state index contributed by atoms with van der Waals surface area (Å²) in [4.78, 5) is 14.1. The maximum atomic E-state index is 12.9. The third-order valence-electron chi connectivity index (χ3n) is 3.83. The summed E-state index contributed by atoms with van der Waals surface area (Å²) >= 11 is 0. The number of halogens is 1. The normalized spacial score (nSPS) is 11.5. The van der Waals surface area contributed by atoms with Crippen LogP contribution in [0.4, 0.5) is 10.1 Å². The molecule has 0 spiro atoms. The van der Waals surface area contributed by atoms with Gasteiger partial charge in [0.1, 0.15) is 10.7 Å². The average Bonchev–Trinajstić information content (AvgIpc) is 2.60. The summed E-state index contributed by atoms with van der Waals surface area (Å²) in [5, 5.41) is 2.71. The van der Waals surface area contributed by atoms with Crippen molar-refractivity contribution in [3.05, 3.63) is 59.4 Å². The molecule has 0 fully saturated rings. The summed E-state index contributed by atoms with van der Waals surface area (Å²) in [5.41, 5.74) is 1.47. The highest BCUT2D eigenvalue weighted by atomic mass is 32.2. The summed E-state index contributed by atoms with van der Waals surface area (Å²) in [5.74, 6) is -0.757. The Bertz CT molecular complexity index is 894. The van der Waals surface area contributed by atoms with Gasteiger partial charge in [0, 0.05) is 40.3 Å². The predicted octanol–water partition coefficient (Wildman–Crippen LogP) is 2.07. The molecule has 0 bridgehead atoms. The smallest absolute Gasteiger partial charge is 0.251 e. The second-order valence-corrected chi connectivity index (χ2v) is 8.29. The molecule has 1 N–H and O–H groups in total. The van der Waals surface area contributed by atoms with Crippen molar-refractivity contribution in [1.82, 2.24) is 9.62 Å². The summed E-state index contributed by atoms with van der Waals surface area (Å²) in [6.45, 7) is 0.213. The molecule has 0 atom stereocenters. The molecule has 2 aromatic carbocycles. The van der Waals surface area contributed by atoms with E-state index < -0.39 is 15.9 Å². The largest absolute Gasteiger partial charge is 0.377 e. The molecule has 0 aliphatic carbocycles. The fraction of sp³-hybridized carbons (Fsp3) is 0.278. The highest BCUT2D eigenvalue weighted by molar-refractivity contribution is 7.89. The molecular formula is C18H22FN3O3S. The van der Waals surface area contributed by atoms with Crippen LogP contribution in [0.3, 0.4) is 0 Å². The SMILES string of the molecule is CN(C)c1ccc(C(=O)NCc2ccc(F)cc2)cc1S(=O)(=O)N(C)C. The molecule has 0 saturated heterocycles. The highest BCUT2D eigenvalue weighted by Gasteiger charge is 2.24. The topological polar surface area (TPSA) is 69.7 Å². The molecule has 0 aromatic heterocycles. The van der Waals surface area contributed by atoms with E-state index in [2.05, 4.69) is 5.32 Å². The van der Waals surface area contributed by atoms with E-state index in [4.69, 9.17) is 0 Å². The van der Waals surface area contributed by atoms with Gasteiger partial charge in [-0.05, 0) is 35.9 Å². The van der Waals surface area contributed by atoms with Crippen LogP contribution in [0.5, 0.6) is 0 Å². The zero-order chi connectivity index (χ0) is 19.5. The van der Waals surface area contributed by atoms with Gasteiger partial charge < -0.3 is 10.2 Å². The van der Waals surface area contributed by atoms with E-state index in [0.717, 1.165) is 9.87 Å². The fourth-order valence-corrected chi connectivity index (χ4v) is 3.50. The van der Waals surface area contributed by atoms with E-state index >= 15 is 0 Å². The molecule has 140 valence electrons. The lowest BCUT2D eigenvalue weighted by Crippen LogP contribution is -2.27. The lowest BCUT2D eigenvalue weighted by molar-refractivity contribution is 0.0950. The number of anilines is 1. The van der Waals surface area contributed by atoms with Crippen molar-refractivity contribution >= 4 is 21.6 Å². The molecule has 26 heavy (non-hydrogen) atoms. The van der Waals surface area contributed by atoms with Gasteiger partial charge in [-0.3, -0.25) is 4.79 Å². The van der Waals surface area contributed by atoms with Crippen LogP contribution in [0.2, 0.25) is 0 Å². The lowest BCUT2D eigenvalue weighted by Gasteiger charge is -2.20. The number of nitrogens with zero attached hydrogens (tertiary/aromatic N) is 2. The number of amides is 1. The Morgan fingerprint density at radius 2 is 1.65 bits per heavy atom. The fourth-order valence-electron chi connectivity index (χ4n) is 2.31. The van der Waals surface area contributed by atoms with Gasteiger partial charge in [-0.15, -0.1) is 0 Å². The first-order valence-corrected chi connectivity index (χ1v) is 9.33. The molecule has 0 heterocycles. The molecule has 6 nitrogen and oxygen atoms in total. The first-order valence-electron chi connectivity index (χ1n) is 7.89. The number of hydrogen-bond donors (Lipinski definition) is 1. The molecule has 2 rings (SSSR count). The molecule has 1 amide bonds. The van der Waals surface area contributed by atoms with Crippen molar-refractivity contribution in [2.75, 3.05) is 33.1 Å².